The number of amides is 1. The number of thiophene rings is 1. The SMILES string of the molecule is CC(OC(=O)CCn1nc(-c2cccs2)oc1=O)C(=O)NC1CCCC1. The van der Waals surface area contributed by atoms with Crippen molar-refractivity contribution in [2.45, 2.75) is 57.7 Å². The molecule has 1 aliphatic carbocycles. The van der Waals surface area contributed by atoms with Gasteiger partial charge in [0.1, 0.15) is 0 Å². The van der Waals surface area contributed by atoms with Crippen molar-refractivity contribution in [3.05, 3.63) is 28.1 Å². The van der Waals surface area contributed by atoms with E-state index in [0.29, 0.717) is 0 Å². The summed E-state index contributed by atoms with van der Waals surface area (Å²) in [7, 11) is 0. The molecule has 1 amide bonds. The number of ether oxygens (including phenoxy) is 1. The highest BCUT2D eigenvalue weighted by Crippen LogP contribution is 2.21. The molecule has 140 valence electrons. The standard InChI is InChI=1S/C17H21N3O5S/c1-11(15(22)18-12-5-2-3-6-12)24-14(21)8-9-20-17(23)25-16(19-20)13-7-4-10-26-13/h4,7,10-12H,2-3,5-6,8-9H2,1H3,(H,18,22). The number of carbonyl (C=O) groups excluding carboxylic acids is 2. The van der Waals surface area contributed by atoms with Gasteiger partial charge in [0.15, 0.2) is 6.10 Å². The summed E-state index contributed by atoms with van der Waals surface area (Å²) in [5.74, 6) is -1.26. The molecule has 9 heteroatoms. The van der Waals surface area contributed by atoms with Crippen LogP contribution in [-0.4, -0.2) is 33.8 Å². The van der Waals surface area contributed by atoms with Gasteiger partial charge in [-0.2, -0.15) is 4.68 Å². The van der Waals surface area contributed by atoms with Crippen LogP contribution in [0.2, 0.25) is 0 Å². The van der Waals surface area contributed by atoms with Crippen molar-refractivity contribution in [1.82, 2.24) is 15.1 Å². The summed E-state index contributed by atoms with van der Waals surface area (Å²) in [6.07, 6.45) is 3.22. The largest absolute Gasteiger partial charge is 0.452 e. The summed E-state index contributed by atoms with van der Waals surface area (Å²) < 4.78 is 11.3. The Bertz CT molecular complexity index is 805. The zero-order chi connectivity index (χ0) is 18.5. The first-order chi connectivity index (χ1) is 12.5. The topological polar surface area (TPSA) is 103 Å². The first-order valence-corrected chi connectivity index (χ1v) is 9.52. The van der Waals surface area contributed by atoms with Crippen LogP contribution in [0.1, 0.15) is 39.0 Å². The maximum absolute atomic E-state index is 12.0. The van der Waals surface area contributed by atoms with Crippen molar-refractivity contribution in [3.8, 4) is 10.8 Å². The molecule has 0 spiro atoms. The molecule has 0 bridgehead atoms. The first kappa shape index (κ1) is 18.4. The van der Waals surface area contributed by atoms with E-state index < -0.39 is 17.8 Å². The molecule has 1 fully saturated rings. The quantitative estimate of drug-likeness (QED) is 0.738. The van der Waals surface area contributed by atoms with Crippen LogP contribution in [0, 0.1) is 0 Å². The second-order valence-electron chi connectivity index (χ2n) is 6.25. The Morgan fingerprint density at radius 1 is 1.46 bits per heavy atom. The van der Waals surface area contributed by atoms with Crippen LogP contribution < -0.4 is 11.1 Å². The number of nitrogens with one attached hydrogen (secondary N) is 1. The van der Waals surface area contributed by atoms with Gasteiger partial charge in [0.25, 0.3) is 11.8 Å². The molecule has 2 aromatic rings. The zero-order valence-electron chi connectivity index (χ0n) is 14.5. The van der Waals surface area contributed by atoms with Crippen molar-refractivity contribution in [2.75, 3.05) is 0 Å². The summed E-state index contributed by atoms with van der Waals surface area (Å²) in [5, 5.41) is 8.81. The molecule has 8 nitrogen and oxygen atoms in total. The lowest BCUT2D eigenvalue weighted by Crippen LogP contribution is -2.41. The van der Waals surface area contributed by atoms with E-state index in [2.05, 4.69) is 10.4 Å². The lowest BCUT2D eigenvalue weighted by atomic mass is 10.2. The van der Waals surface area contributed by atoms with Gasteiger partial charge in [0.2, 0.25) is 0 Å². The molecule has 26 heavy (non-hydrogen) atoms. The van der Waals surface area contributed by atoms with Crippen LogP contribution in [-0.2, 0) is 20.9 Å². The third-order valence-corrected chi connectivity index (χ3v) is 5.10. The molecule has 0 radical (unpaired) electrons. The smallest absolute Gasteiger partial charge is 0.437 e. The average Bonchev–Trinajstić information content (AvgIpc) is 3.35. The molecule has 1 saturated carbocycles. The van der Waals surface area contributed by atoms with Gasteiger partial charge in [-0.3, -0.25) is 9.59 Å². The number of carbonyl (C=O) groups is 2. The molecule has 0 aliphatic heterocycles. The number of rotatable bonds is 7. The van der Waals surface area contributed by atoms with Crippen molar-refractivity contribution >= 4 is 23.2 Å². The van der Waals surface area contributed by atoms with E-state index >= 15 is 0 Å². The predicted molar refractivity (Wildman–Crippen MR) is 94.6 cm³/mol. The minimum atomic E-state index is -0.862. The van der Waals surface area contributed by atoms with Gasteiger partial charge in [-0.05, 0) is 31.2 Å². The second-order valence-corrected chi connectivity index (χ2v) is 7.19. The summed E-state index contributed by atoms with van der Waals surface area (Å²) in [5.41, 5.74) is 0. The molecule has 3 rings (SSSR count). The fourth-order valence-electron chi connectivity index (χ4n) is 2.84. The molecule has 1 N–H and O–H groups in total. The molecule has 2 heterocycles. The Kier molecular flexibility index (Phi) is 5.87. The fraction of sp³-hybridized carbons (Fsp3) is 0.529. The van der Waals surface area contributed by atoms with Gasteiger partial charge in [0.05, 0.1) is 17.8 Å². The van der Waals surface area contributed by atoms with Crippen LogP contribution in [0.3, 0.4) is 0 Å². The molecule has 1 aliphatic rings. The normalized spacial score (nSPS) is 15.7. The molecular formula is C17H21N3O5S. The number of nitrogens with zero attached hydrogens (tertiary/aromatic N) is 2. The van der Waals surface area contributed by atoms with Crippen LogP contribution in [0.5, 0.6) is 0 Å². The van der Waals surface area contributed by atoms with E-state index in [1.165, 1.54) is 11.3 Å². The molecule has 2 aromatic heterocycles. The number of aryl methyl sites for hydroxylation is 1. The first-order valence-electron chi connectivity index (χ1n) is 8.64. The highest BCUT2D eigenvalue weighted by atomic mass is 32.1. The van der Waals surface area contributed by atoms with Gasteiger partial charge >= 0.3 is 11.7 Å². The maximum atomic E-state index is 12.0. The molecule has 1 atom stereocenters. The van der Waals surface area contributed by atoms with E-state index in [0.717, 1.165) is 35.2 Å². The zero-order valence-corrected chi connectivity index (χ0v) is 15.3. The molecule has 1 unspecified atom stereocenters. The Hall–Kier alpha value is -2.42. The Labute approximate surface area is 154 Å². The van der Waals surface area contributed by atoms with Gasteiger partial charge < -0.3 is 14.5 Å². The molecule has 0 aromatic carbocycles. The van der Waals surface area contributed by atoms with Crippen molar-refractivity contribution < 1.29 is 18.7 Å². The summed E-state index contributed by atoms with van der Waals surface area (Å²) >= 11 is 1.40. The Morgan fingerprint density at radius 2 is 2.23 bits per heavy atom. The van der Waals surface area contributed by atoms with Crippen molar-refractivity contribution in [1.29, 1.82) is 0 Å². The molecular weight excluding hydrogens is 358 g/mol. The minimum absolute atomic E-state index is 0.0313. The third kappa shape index (κ3) is 4.60. The number of esters is 1. The Morgan fingerprint density at radius 3 is 2.92 bits per heavy atom. The lowest BCUT2D eigenvalue weighted by molar-refractivity contribution is -0.155. The second kappa shape index (κ2) is 8.31. The van der Waals surface area contributed by atoms with E-state index in [-0.39, 0.29) is 30.8 Å². The number of aromatic nitrogens is 2. The van der Waals surface area contributed by atoms with Gasteiger partial charge in [-0.15, -0.1) is 16.4 Å². The van der Waals surface area contributed by atoms with E-state index in [9.17, 15) is 14.4 Å². The van der Waals surface area contributed by atoms with E-state index in [1.54, 1.807) is 13.0 Å². The minimum Gasteiger partial charge on any atom is -0.452 e. The number of hydrogen-bond acceptors (Lipinski definition) is 7. The predicted octanol–water partition coefficient (Wildman–Crippen LogP) is 1.95. The van der Waals surface area contributed by atoms with Crippen molar-refractivity contribution in [3.63, 3.8) is 0 Å². The highest BCUT2D eigenvalue weighted by Gasteiger charge is 2.23. The highest BCUT2D eigenvalue weighted by molar-refractivity contribution is 7.13. The van der Waals surface area contributed by atoms with Gasteiger partial charge in [-0.1, -0.05) is 18.9 Å². The average molecular weight is 379 g/mol. The maximum Gasteiger partial charge on any atom is 0.437 e. The summed E-state index contributed by atoms with van der Waals surface area (Å²) in [6, 6.07) is 3.79. The molecule has 0 saturated heterocycles. The van der Waals surface area contributed by atoms with E-state index in [4.69, 9.17) is 9.15 Å². The van der Waals surface area contributed by atoms with Crippen LogP contribution >= 0.6 is 11.3 Å². The van der Waals surface area contributed by atoms with Gasteiger partial charge in [-0.25, -0.2) is 4.79 Å². The number of hydrogen-bond donors (Lipinski definition) is 1. The summed E-state index contributed by atoms with van der Waals surface area (Å²) in [4.78, 5) is 36.5. The van der Waals surface area contributed by atoms with Crippen LogP contribution in [0.25, 0.3) is 10.8 Å². The van der Waals surface area contributed by atoms with Gasteiger partial charge in [0, 0.05) is 6.04 Å². The fourth-order valence-corrected chi connectivity index (χ4v) is 3.49. The summed E-state index contributed by atoms with van der Waals surface area (Å²) in [6.45, 7) is 1.57. The Balaban J connectivity index is 1.48. The van der Waals surface area contributed by atoms with Crippen molar-refractivity contribution in [2.24, 2.45) is 0 Å². The lowest BCUT2D eigenvalue weighted by Gasteiger charge is -2.17. The monoisotopic (exact) mass is 379 g/mol. The van der Waals surface area contributed by atoms with E-state index in [1.807, 2.05) is 11.4 Å². The third-order valence-electron chi connectivity index (χ3n) is 4.24. The van der Waals surface area contributed by atoms with Crippen LogP contribution in [0.15, 0.2) is 26.7 Å². The van der Waals surface area contributed by atoms with Crippen LogP contribution in [0.4, 0.5) is 0 Å².